The molecule has 0 unspecified atom stereocenters. The number of carboxylic acids is 1. The van der Waals surface area contributed by atoms with Crippen LogP contribution in [0.1, 0.15) is 10.4 Å². The van der Waals surface area contributed by atoms with Crippen LogP contribution in [0.4, 0.5) is 10.1 Å². The number of carboxylic acid groups (broad SMARTS) is 1. The molecule has 5 heteroatoms. The van der Waals surface area contributed by atoms with Crippen LogP contribution in [0.5, 0.6) is 0 Å². The average molecular weight is 234 g/mol. The van der Waals surface area contributed by atoms with Gasteiger partial charge in [0.15, 0.2) is 0 Å². The molecular weight excluding hydrogens is 229 g/mol. The second kappa shape index (κ2) is 3.10. The first kappa shape index (κ1) is 8.99. The number of halogens is 2. The Bertz CT molecular complexity index is 340. The van der Waals surface area contributed by atoms with E-state index in [4.69, 9.17) is 10.8 Å². The number of hydrogen-bond acceptors (Lipinski definition) is 2. The molecule has 0 atom stereocenters. The lowest BCUT2D eigenvalue weighted by Crippen LogP contribution is -2.01. The van der Waals surface area contributed by atoms with Crippen LogP contribution in [-0.2, 0) is 0 Å². The van der Waals surface area contributed by atoms with Crippen molar-refractivity contribution >= 4 is 27.6 Å². The van der Waals surface area contributed by atoms with Gasteiger partial charge in [0.2, 0.25) is 0 Å². The van der Waals surface area contributed by atoms with Gasteiger partial charge in [0.05, 0.1) is 5.56 Å². The lowest BCUT2D eigenvalue weighted by Gasteiger charge is -2.01. The number of nitrogens with two attached hydrogens (primary N) is 1. The van der Waals surface area contributed by atoms with Crippen molar-refractivity contribution in [1.29, 1.82) is 0 Å². The van der Waals surface area contributed by atoms with Gasteiger partial charge in [-0.1, -0.05) is 0 Å². The van der Waals surface area contributed by atoms with Crippen LogP contribution < -0.4 is 5.73 Å². The minimum atomic E-state index is -1.31. The molecule has 0 spiro atoms. The molecule has 0 heterocycles. The fraction of sp³-hybridized carbons (Fsp3) is 0. The largest absolute Gasteiger partial charge is 0.478 e. The summed E-state index contributed by atoms with van der Waals surface area (Å²) in [6.07, 6.45) is 0. The van der Waals surface area contributed by atoms with E-state index in [9.17, 15) is 9.18 Å². The van der Waals surface area contributed by atoms with E-state index >= 15 is 0 Å². The standard InChI is InChI=1S/C7H5BrFNO2/c8-4-1-3(7(11)12)5(9)2-6(4)10/h1-2H,10H2,(H,11,12). The van der Waals surface area contributed by atoms with Crippen LogP contribution in [0.2, 0.25) is 0 Å². The lowest BCUT2D eigenvalue weighted by molar-refractivity contribution is 0.0692. The summed E-state index contributed by atoms with van der Waals surface area (Å²) < 4.78 is 13.2. The zero-order valence-electron chi connectivity index (χ0n) is 5.84. The number of aromatic carboxylic acids is 1. The van der Waals surface area contributed by atoms with Crippen molar-refractivity contribution in [2.24, 2.45) is 0 Å². The molecule has 64 valence electrons. The summed E-state index contributed by atoms with van der Waals surface area (Å²) in [5.74, 6) is -2.14. The molecule has 0 aromatic heterocycles. The highest BCUT2D eigenvalue weighted by Gasteiger charge is 2.11. The van der Waals surface area contributed by atoms with E-state index in [0.29, 0.717) is 4.47 Å². The summed E-state index contributed by atoms with van der Waals surface area (Å²) in [5.41, 5.74) is 5.10. The minimum Gasteiger partial charge on any atom is -0.478 e. The maximum absolute atomic E-state index is 12.8. The molecule has 0 aliphatic heterocycles. The Morgan fingerprint density at radius 3 is 2.67 bits per heavy atom. The first-order valence-corrected chi connectivity index (χ1v) is 3.79. The summed E-state index contributed by atoms with van der Waals surface area (Å²) >= 11 is 2.99. The number of hydrogen-bond donors (Lipinski definition) is 2. The minimum absolute atomic E-state index is 0.178. The summed E-state index contributed by atoms with van der Waals surface area (Å²) in [4.78, 5) is 10.4. The Labute approximate surface area is 76.1 Å². The molecule has 0 fully saturated rings. The maximum Gasteiger partial charge on any atom is 0.338 e. The number of benzene rings is 1. The van der Waals surface area contributed by atoms with E-state index in [1.807, 2.05) is 0 Å². The molecule has 12 heavy (non-hydrogen) atoms. The Balaban J connectivity index is 3.33. The number of rotatable bonds is 1. The monoisotopic (exact) mass is 233 g/mol. The summed E-state index contributed by atoms with van der Waals surface area (Å²) in [6.45, 7) is 0. The van der Waals surface area contributed by atoms with Crippen molar-refractivity contribution in [3.05, 3.63) is 28.0 Å². The molecule has 0 aliphatic carbocycles. The van der Waals surface area contributed by atoms with E-state index in [1.54, 1.807) is 0 Å². The van der Waals surface area contributed by atoms with Crippen molar-refractivity contribution in [2.75, 3.05) is 5.73 Å². The summed E-state index contributed by atoms with van der Waals surface area (Å²) in [7, 11) is 0. The Kier molecular flexibility index (Phi) is 2.32. The normalized spacial score (nSPS) is 9.83. The predicted octanol–water partition coefficient (Wildman–Crippen LogP) is 1.87. The first-order valence-electron chi connectivity index (χ1n) is 3.00. The number of anilines is 1. The van der Waals surface area contributed by atoms with Gasteiger partial charge in [-0.25, -0.2) is 9.18 Å². The zero-order valence-corrected chi connectivity index (χ0v) is 7.43. The highest BCUT2D eigenvalue weighted by Crippen LogP contribution is 2.22. The quantitative estimate of drug-likeness (QED) is 0.729. The number of carbonyl (C=O) groups is 1. The molecule has 3 N–H and O–H groups in total. The van der Waals surface area contributed by atoms with Crippen molar-refractivity contribution in [1.82, 2.24) is 0 Å². The van der Waals surface area contributed by atoms with Gasteiger partial charge in [-0.15, -0.1) is 0 Å². The van der Waals surface area contributed by atoms with Crippen LogP contribution >= 0.6 is 15.9 Å². The van der Waals surface area contributed by atoms with Gasteiger partial charge in [0, 0.05) is 10.2 Å². The SMILES string of the molecule is Nc1cc(F)c(C(=O)O)cc1Br. The molecular formula is C7H5BrFNO2. The zero-order chi connectivity index (χ0) is 9.30. The third-order valence-corrected chi connectivity index (χ3v) is 2.00. The van der Waals surface area contributed by atoms with Crippen LogP contribution in [0.3, 0.4) is 0 Å². The van der Waals surface area contributed by atoms with Gasteiger partial charge < -0.3 is 10.8 Å². The van der Waals surface area contributed by atoms with Crippen molar-refractivity contribution in [2.45, 2.75) is 0 Å². The van der Waals surface area contributed by atoms with Crippen LogP contribution in [-0.4, -0.2) is 11.1 Å². The smallest absolute Gasteiger partial charge is 0.338 e. The third kappa shape index (κ3) is 1.55. The fourth-order valence-corrected chi connectivity index (χ4v) is 1.07. The van der Waals surface area contributed by atoms with Crippen molar-refractivity contribution in [3.63, 3.8) is 0 Å². The van der Waals surface area contributed by atoms with Gasteiger partial charge >= 0.3 is 5.97 Å². The van der Waals surface area contributed by atoms with E-state index in [-0.39, 0.29) is 5.69 Å². The fourth-order valence-electron chi connectivity index (χ4n) is 0.726. The molecule has 0 bridgehead atoms. The van der Waals surface area contributed by atoms with Gasteiger partial charge in [0.1, 0.15) is 5.82 Å². The highest BCUT2D eigenvalue weighted by atomic mass is 79.9. The van der Waals surface area contributed by atoms with Gasteiger partial charge in [-0.2, -0.15) is 0 Å². The van der Waals surface area contributed by atoms with Gasteiger partial charge in [-0.3, -0.25) is 0 Å². The highest BCUT2D eigenvalue weighted by molar-refractivity contribution is 9.10. The molecule has 0 aliphatic rings. The maximum atomic E-state index is 12.8. The van der Waals surface area contributed by atoms with E-state index in [2.05, 4.69) is 15.9 Å². The summed E-state index contributed by atoms with van der Waals surface area (Å²) in [6, 6.07) is 2.10. The Morgan fingerprint density at radius 2 is 2.17 bits per heavy atom. The molecule has 1 rings (SSSR count). The van der Waals surface area contributed by atoms with Crippen LogP contribution in [0.15, 0.2) is 16.6 Å². The van der Waals surface area contributed by atoms with E-state index in [1.165, 1.54) is 0 Å². The molecule has 0 amide bonds. The van der Waals surface area contributed by atoms with E-state index < -0.39 is 17.3 Å². The molecule has 0 saturated carbocycles. The Hall–Kier alpha value is -1.10. The molecule has 3 nitrogen and oxygen atoms in total. The second-order valence-corrected chi connectivity index (χ2v) is 3.01. The van der Waals surface area contributed by atoms with Gasteiger partial charge in [-0.05, 0) is 28.1 Å². The predicted molar refractivity (Wildman–Crippen MR) is 45.5 cm³/mol. The molecule has 0 saturated heterocycles. The second-order valence-electron chi connectivity index (χ2n) is 2.16. The van der Waals surface area contributed by atoms with Crippen LogP contribution in [0, 0.1) is 5.82 Å². The third-order valence-electron chi connectivity index (χ3n) is 1.32. The van der Waals surface area contributed by atoms with Crippen LogP contribution in [0.25, 0.3) is 0 Å². The topological polar surface area (TPSA) is 63.3 Å². The van der Waals surface area contributed by atoms with Crippen molar-refractivity contribution in [3.8, 4) is 0 Å². The van der Waals surface area contributed by atoms with Gasteiger partial charge in [0.25, 0.3) is 0 Å². The molecule has 1 aromatic carbocycles. The summed E-state index contributed by atoms with van der Waals surface area (Å²) in [5, 5.41) is 8.48. The number of nitrogen functional groups attached to an aromatic ring is 1. The molecule has 0 radical (unpaired) electrons. The van der Waals surface area contributed by atoms with E-state index in [0.717, 1.165) is 12.1 Å². The average Bonchev–Trinajstić information content (AvgIpc) is 1.96. The Morgan fingerprint density at radius 1 is 1.58 bits per heavy atom. The lowest BCUT2D eigenvalue weighted by atomic mass is 10.2. The molecule has 1 aromatic rings. The first-order chi connectivity index (χ1) is 5.52. The van der Waals surface area contributed by atoms with Crippen molar-refractivity contribution < 1.29 is 14.3 Å².